The fourth-order valence-corrected chi connectivity index (χ4v) is 4.25. The van der Waals surface area contributed by atoms with Crippen molar-refractivity contribution in [3.63, 3.8) is 0 Å². The molecule has 0 fully saturated rings. The highest BCUT2D eigenvalue weighted by Crippen LogP contribution is 2.30. The van der Waals surface area contributed by atoms with E-state index in [1.165, 1.54) is 10.4 Å². The Bertz CT molecular complexity index is 1080. The van der Waals surface area contributed by atoms with Gasteiger partial charge in [0.05, 0.1) is 11.5 Å². The van der Waals surface area contributed by atoms with Crippen LogP contribution in [0.3, 0.4) is 0 Å². The largest absolute Gasteiger partial charge is 0.348 e. The van der Waals surface area contributed by atoms with E-state index in [2.05, 4.69) is 5.32 Å². The molecular weight excluding hydrogens is 448 g/mol. The van der Waals surface area contributed by atoms with Crippen LogP contribution >= 0.6 is 35.2 Å². The molecule has 4 nitrogen and oxygen atoms in total. The van der Waals surface area contributed by atoms with Gasteiger partial charge in [0, 0.05) is 21.8 Å². The number of nitrogens with one attached hydrogen (secondary N) is 1. The fraction of sp³-hybridized carbons (Fsp3) is 0.125. The maximum Gasteiger partial charge on any atom is 0.270 e. The molecule has 0 spiro atoms. The van der Waals surface area contributed by atoms with Gasteiger partial charge in [-0.05, 0) is 47.9 Å². The van der Waals surface area contributed by atoms with Gasteiger partial charge < -0.3 is 15.0 Å². The minimum absolute atomic E-state index is 0.307. The average Bonchev–Trinajstić information content (AvgIpc) is 3.26. The molecule has 0 saturated carbocycles. The first-order chi connectivity index (χ1) is 15.0. The van der Waals surface area contributed by atoms with E-state index in [1.54, 1.807) is 24.5 Å². The normalized spacial score (nSPS) is 12.1. The van der Waals surface area contributed by atoms with Crippen molar-refractivity contribution in [3.8, 4) is 10.4 Å². The Kier molecular flexibility index (Phi) is 8.12. The number of hydrogen-bond donors (Lipinski definition) is 1. The summed E-state index contributed by atoms with van der Waals surface area (Å²) in [5.41, 5.74) is 3.63. The first-order valence-corrected chi connectivity index (χ1v) is 11.2. The number of benzene rings is 2. The topological polar surface area (TPSA) is 49.4 Å². The predicted octanol–water partition coefficient (Wildman–Crippen LogP) is 5.22. The number of nitrogens with zero attached hydrogens (tertiary/aromatic N) is 1. The van der Waals surface area contributed by atoms with Crippen LogP contribution < -0.4 is 5.32 Å². The lowest BCUT2D eigenvalue weighted by molar-refractivity contribution is -0.131. The number of hydrogen-bond acceptors (Lipinski definition) is 4. The van der Waals surface area contributed by atoms with Crippen molar-refractivity contribution in [3.05, 3.63) is 87.9 Å². The van der Waals surface area contributed by atoms with Crippen molar-refractivity contribution >= 4 is 58.9 Å². The molecule has 0 bridgehead atoms. The number of halogens is 1. The molecule has 0 aliphatic carbocycles. The van der Waals surface area contributed by atoms with E-state index >= 15 is 0 Å². The molecule has 31 heavy (non-hydrogen) atoms. The number of thiocarbonyl (C=S) groups is 1. The summed E-state index contributed by atoms with van der Waals surface area (Å²) in [7, 11) is 1.62. The van der Waals surface area contributed by atoms with Gasteiger partial charge in [-0.3, -0.25) is 4.79 Å². The molecule has 1 heterocycles. The zero-order valence-corrected chi connectivity index (χ0v) is 19.2. The highest BCUT2D eigenvalue weighted by molar-refractivity contribution is 7.78. The molecule has 3 aromatic rings. The summed E-state index contributed by atoms with van der Waals surface area (Å²) < 4.78 is 0. The third-order valence-corrected chi connectivity index (χ3v) is 6.20. The number of aldehydes is 1. The van der Waals surface area contributed by atoms with Crippen molar-refractivity contribution in [2.75, 3.05) is 7.05 Å². The average molecular weight is 469 g/mol. The van der Waals surface area contributed by atoms with Crippen molar-refractivity contribution in [1.82, 2.24) is 10.2 Å². The van der Waals surface area contributed by atoms with Crippen LogP contribution in [0, 0.1) is 0 Å². The van der Waals surface area contributed by atoms with Crippen LogP contribution in [0.25, 0.3) is 16.5 Å². The number of carbonyl (C=O) groups excluding carboxylic acids is 2. The number of amides is 1. The zero-order valence-electron chi connectivity index (χ0n) is 16.8. The standard InChI is InChI=1S/C24H21ClN2O2S2/c1-27(20(15-28)13-17-5-3-2-4-6-17)24(29)22(26-16-30)14-21-11-12-23(31-21)18-7-9-19(25)10-8-18/h2-12,14-16,20H,13H2,1H3,(H,26,30)/b22-14+. The van der Waals surface area contributed by atoms with Crippen LogP contribution in [0.4, 0.5) is 0 Å². The number of thiophene rings is 1. The minimum atomic E-state index is -0.585. The van der Waals surface area contributed by atoms with Crippen molar-refractivity contribution in [2.24, 2.45) is 0 Å². The van der Waals surface area contributed by atoms with E-state index in [0.29, 0.717) is 17.1 Å². The Labute approximate surface area is 196 Å². The lowest BCUT2D eigenvalue weighted by atomic mass is 10.1. The number of carbonyl (C=O) groups is 2. The van der Waals surface area contributed by atoms with E-state index in [4.69, 9.17) is 23.8 Å². The Morgan fingerprint density at radius 1 is 1.13 bits per heavy atom. The van der Waals surface area contributed by atoms with Gasteiger partial charge in [-0.1, -0.05) is 66.3 Å². The van der Waals surface area contributed by atoms with E-state index in [-0.39, 0.29) is 5.91 Å². The first kappa shape index (κ1) is 22.9. The molecule has 2 aromatic carbocycles. The molecular formula is C24H21ClN2O2S2. The Morgan fingerprint density at radius 2 is 1.84 bits per heavy atom. The molecule has 1 N–H and O–H groups in total. The molecule has 3 rings (SSSR count). The predicted molar refractivity (Wildman–Crippen MR) is 132 cm³/mol. The highest BCUT2D eigenvalue weighted by Gasteiger charge is 2.23. The minimum Gasteiger partial charge on any atom is -0.348 e. The third-order valence-electron chi connectivity index (χ3n) is 4.75. The molecule has 158 valence electrons. The summed E-state index contributed by atoms with van der Waals surface area (Å²) in [6.45, 7) is 0. The molecule has 1 unspecified atom stereocenters. The van der Waals surface area contributed by atoms with Gasteiger partial charge in [0.2, 0.25) is 0 Å². The monoisotopic (exact) mass is 468 g/mol. The lowest BCUT2D eigenvalue weighted by Gasteiger charge is -2.25. The third kappa shape index (κ3) is 6.10. The molecule has 1 aromatic heterocycles. The molecule has 0 aliphatic heterocycles. The van der Waals surface area contributed by atoms with E-state index in [9.17, 15) is 9.59 Å². The van der Waals surface area contributed by atoms with Crippen LogP contribution in [-0.4, -0.2) is 35.7 Å². The Balaban J connectivity index is 1.80. The molecule has 1 atom stereocenters. The summed E-state index contributed by atoms with van der Waals surface area (Å²) in [5, 5.41) is 3.53. The van der Waals surface area contributed by atoms with Crippen LogP contribution in [0.1, 0.15) is 10.4 Å². The van der Waals surface area contributed by atoms with Crippen LogP contribution in [0.15, 0.2) is 72.4 Å². The summed E-state index contributed by atoms with van der Waals surface area (Å²) in [4.78, 5) is 28.2. The second-order valence-electron chi connectivity index (χ2n) is 6.84. The van der Waals surface area contributed by atoms with Crippen molar-refractivity contribution < 1.29 is 9.59 Å². The van der Waals surface area contributed by atoms with E-state index in [1.807, 2.05) is 66.7 Å². The van der Waals surface area contributed by atoms with E-state index in [0.717, 1.165) is 27.2 Å². The summed E-state index contributed by atoms with van der Waals surface area (Å²) in [6.07, 6.45) is 2.98. The van der Waals surface area contributed by atoms with Gasteiger partial charge in [0.1, 0.15) is 12.0 Å². The maximum absolute atomic E-state index is 13.1. The number of likely N-dealkylation sites (N-methyl/N-ethyl adjacent to an activating group) is 1. The summed E-state index contributed by atoms with van der Waals surface area (Å²) >= 11 is 12.4. The van der Waals surface area contributed by atoms with Crippen LogP contribution in [-0.2, 0) is 16.0 Å². The first-order valence-electron chi connectivity index (χ1n) is 9.56. The fourth-order valence-electron chi connectivity index (χ4n) is 3.04. The SMILES string of the molecule is CN(C(=O)/C(=C\c1ccc(-c2ccc(Cl)cc2)s1)NC=S)C(C=O)Cc1ccccc1. The molecule has 0 saturated heterocycles. The van der Waals surface area contributed by atoms with Crippen LogP contribution in [0.5, 0.6) is 0 Å². The second-order valence-corrected chi connectivity index (χ2v) is 8.63. The van der Waals surface area contributed by atoms with Crippen molar-refractivity contribution in [1.29, 1.82) is 0 Å². The molecule has 7 heteroatoms. The molecule has 0 radical (unpaired) electrons. The lowest BCUT2D eigenvalue weighted by Crippen LogP contribution is -2.42. The van der Waals surface area contributed by atoms with Crippen molar-refractivity contribution in [2.45, 2.75) is 12.5 Å². The van der Waals surface area contributed by atoms with Gasteiger partial charge in [0.15, 0.2) is 0 Å². The Hall–Kier alpha value is -2.80. The summed E-state index contributed by atoms with van der Waals surface area (Å²) in [6, 6.07) is 20.5. The maximum atomic E-state index is 13.1. The van der Waals surface area contributed by atoms with Gasteiger partial charge >= 0.3 is 0 Å². The number of rotatable bonds is 9. The Morgan fingerprint density at radius 3 is 2.48 bits per heavy atom. The smallest absolute Gasteiger partial charge is 0.270 e. The van der Waals surface area contributed by atoms with Crippen LogP contribution in [0.2, 0.25) is 5.02 Å². The second kappa shape index (κ2) is 11.0. The van der Waals surface area contributed by atoms with Gasteiger partial charge in [-0.2, -0.15) is 0 Å². The van der Waals surface area contributed by atoms with E-state index < -0.39 is 6.04 Å². The quantitative estimate of drug-likeness (QED) is 0.265. The summed E-state index contributed by atoms with van der Waals surface area (Å²) in [5.74, 6) is -0.310. The van der Waals surface area contributed by atoms with Gasteiger partial charge in [-0.15, -0.1) is 11.3 Å². The van der Waals surface area contributed by atoms with Gasteiger partial charge in [-0.25, -0.2) is 0 Å². The zero-order chi connectivity index (χ0) is 22.2. The molecule has 0 aliphatic rings. The van der Waals surface area contributed by atoms with Gasteiger partial charge in [0.25, 0.3) is 5.91 Å². The highest BCUT2D eigenvalue weighted by atomic mass is 35.5. The molecule has 1 amide bonds.